The third-order valence-corrected chi connectivity index (χ3v) is 4.26. The Morgan fingerprint density at radius 2 is 1.92 bits per heavy atom. The Balaban J connectivity index is 1.65. The molecule has 0 spiro atoms. The standard InChI is InChI=1S/C21H20N4O/c1-14-7-8-19-16(11-14)12-17(13-22)20(25-19)23-9-10-24-21(26)18-6-4-3-5-15(18)2/h3-8,11-12H,9-10H2,1-2H3,(H,23,25)(H,24,26)/p+1. The number of aromatic amines is 1. The van der Waals surface area contributed by atoms with Gasteiger partial charge < -0.3 is 5.32 Å². The van der Waals surface area contributed by atoms with Crippen molar-refractivity contribution in [1.82, 2.24) is 5.32 Å². The number of nitrogens with zero attached hydrogens (tertiary/aromatic N) is 1. The average Bonchev–Trinajstić information content (AvgIpc) is 2.64. The molecule has 1 aromatic heterocycles. The molecule has 1 heterocycles. The highest BCUT2D eigenvalue weighted by atomic mass is 16.1. The summed E-state index contributed by atoms with van der Waals surface area (Å²) in [5.41, 5.74) is 4.28. The molecule has 0 bridgehead atoms. The van der Waals surface area contributed by atoms with E-state index in [4.69, 9.17) is 0 Å². The van der Waals surface area contributed by atoms with Crippen LogP contribution in [0.5, 0.6) is 0 Å². The van der Waals surface area contributed by atoms with Gasteiger partial charge in [-0.2, -0.15) is 5.26 Å². The van der Waals surface area contributed by atoms with Gasteiger partial charge >= 0.3 is 0 Å². The number of amides is 1. The maximum absolute atomic E-state index is 12.2. The van der Waals surface area contributed by atoms with E-state index in [-0.39, 0.29) is 5.91 Å². The minimum Gasteiger partial charge on any atom is -0.348 e. The molecule has 5 heteroatoms. The van der Waals surface area contributed by atoms with Crippen LogP contribution in [0.1, 0.15) is 27.0 Å². The summed E-state index contributed by atoms with van der Waals surface area (Å²) in [4.78, 5) is 15.5. The Morgan fingerprint density at radius 3 is 2.69 bits per heavy atom. The second-order valence-electron chi connectivity index (χ2n) is 6.26. The van der Waals surface area contributed by atoms with Crippen LogP contribution in [0.15, 0.2) is 48.5 Å². The number of aryl methyl sites for hydroxylation is 2. The van der Waals surface area contributed by atoms with Gasteiger partial charge in [0, 0.05) is 10.9 Å². The van der Waals surface area contributed by atoms with Gasteiger partial charge in [0.1, 0.15) is 23.7 Å². The second-order valence-corrected chi connectivity index (χ2v) is 6.26. The number of rotatable bonds is 5. The monoisotopic (exact) mass is 345 g/mol. The lowest BCUT2D eigenvalue weighted by Crippen LogP contribution is -2.30. The Kier molecular flexibility index (Phi) is 5.14. The van der Waals surface area contributed by atoms with Gasteiger partial charge in [-0.3, -0.25) is 10.1 Å². The largest absolute Gasteiger partial charge is 0.348 e. The fraction of sp³-hybridized carbons (Fsp3) is 0.190. The smallest absolute Gasteiger partial charge is 0.290 e. The van der Waals surface area contributed by atoms with Crippen molar-refractivity contribution in [1.29, 1.82) is 5.26 Å². The number of aromatic nitrogens is 1. The molecule has 0 saturated heterocycles. The number of hydrogen-bond donors (Lipinski definition) is 2. The van der Waals surface area contributed by atoms with Gasteiger partial charge in [0.15, 0.2) is 0 Å². The first kappa shape index (κ1) is 17.4. The van der Waals surface area contributed by atoms with Crippen LogP contribution >= 0.6 is 0 Å². The van der Waals surface area contributed by atoms with Crippen molar-refractivity contribution >= 4 is 22.6 Å². The minimum atomic E-state index is -0.0941. The zero-order chi connectivity index (χ0) is 18.5. The molecule has 130 valence electrons. The first-order valence-electron chi connectivity index (χ1n) is 8.53. The molecule has 1 amide bonds. The summed E-state index contributed by atoms with van der Waals surface area (Å²) < 4.78 is 0. The maximum Gasteiger partial charge on any atom is 0.290 e. The molecule has 3 aromatic rings. The predicted molar refractivity (Wildman–Crippen MR) is 102 cm³/mol. The van der Waals surface area contributed by atoms with Crippen molar-refractivity contribution < 1.29 is 9.78 Å². The Hall–Kier alpha value is -3.39. The summed E-state index contributed by atoms with van der Waals surface area (Å²) in [6.07, 6.45) is 0. The molecule has 5 nitrogen and oxygen atoms in total. The van der Waals surface area contributed by atoms with Crippen molar-refractivity contribution in [3.8, 4) is 6.07 Å². The van der Waals surface area contributed by atoms with Crippen LogP contribution in [-0.2, 0) is 0 Å². The predicted octanol–water partition coefficient (Wildman–Crippen LogP) is 2.98. The van der Waals surface area contributed by atoms with Crippen LogP contribution in [-0.4, -0.2) is 19.0 Å². The van der Waals surface area contributed by atoms with Crippen LogP contribution in [0, 0.1) is 25.2 Å². The van der Waals surface area contributed by atoms with Crippen molar-refractivity contribution in [3.63, 3.8) is 0 Å². The van der Waals surface area contributed by atoms with Gasteiger partial charge in [-0.25, -0.2) is 4.98 Å². The highest BCUT2D eigenvalue weighted by Gasteiger charge is 2.13. The molecule has 26 heavy (non-hydrogen) atoms. The zero-order valence-corrected chi connectivity index (χ0v) is 14.9. The highest BCUT2D eigenvalue weighted by Crippen LogP contribution is 2.17. The van der Waals surface area contributed by atoms with E-state index in [1.807, 2.05) is 62.4 Å². The molecule has 0 atom stereocenters. The molecular formula is C21H21N4O+. The Morgan fingerprint density at radius 1 is 1.12 bits per heavy atom. The average molecular weight is 345 g/mol. The van der Waals surface area contributed by atoms with E-state index in [2.05, 4.69) is 21.7 Å². The normalized spacial score (nSPS) is 10.3. The van der Waals surface area contributed by atoms with E-state index in [1.165, 1.54) is 0 Å². The number of pyridine rings is 1. The van der Waals surface area contributed by atoms with Crippen LogP contribution in [0.25, 0.3) is 10.9 Å². The van der Waals surface area contributed by atoms with Crippen molar-refractivity contribution in [2.75, 3.05) is 18.4 Å². The molecule has 0 saturated carbocycles. The van der Waals surface area contributed by atoms with Crippen molar-refractivity contribution in [2.45, 2.75) is 13.8 Å². The lowest BCUT2D eigenvalue weighted by molar-refractivity contribution is -0.327. The number of benzene rings is 2. The van der Waals surface area contributed by atoms with Crippen LogP contribution in [0.3, 0.4) is 0 Å². The number of H-pyrrole nitrogens is 1. The number of fused-ring (bicyclic) bond motifs is 1. The lowest BCUT2D eigenvalue weighted by Gasteiger charge is -2.07. The van der Waals surface area contributed by atoms with E-state index >= 15 is 0 Å². The molecule has 3 N–H and O–H groups in total. The van der Waals surface area contributed by atoms with Crippen molar-refractivity contribution in [3.05, 3.63) is 70.8 Å². The molecule has 0 fully saturated rings. The first-order chi connectivity index (χ1) is 12.6. The van der Waals surface area contributed by atoms with Crippen LogP contribution in [0.4, 0.5) is 5.82 Å². The van der Waals surface area contributed by atoms with E-state index in [0.717, 1.165) is 22.0 Å². The number of nitriles is 1. The fourth-order valence-corrected chi connectivity index (χ4v) is 2.86. The van der Waals surface area contributed by atoms with E-state index in [9.17, 15) is 10.1 Å². The molecule has 2 aromatic carbocycles. The quantitative estimate of drug-likeness (QED) is 0.698. The SMILES string of the molecule is Cc1ccc2[nH+]c(NCCNC(=O)c3ccccc3C)c(C#N)cc2c1. The summed E-state index contributed by atoms with van der Waals surface area (Å²) in [6, 6.07) is 17.6. The molecular weight excluding hydrogens is 324 g/mol. The number of nitrogens with one attached hydrogen (secondary N) is 3. The molecule has 0 aliphatic rings. The lowest BCUT2D eigenvalue weighted by atomic mass is 10.1. The number of hydrogen-bond acceptors (Lipinski definition) is 3. The van der Waals surface area contributed by atoms with Gasteiger partial charge in [0.25, 0.3) is 11.7 Å². The summed E-state index contributed by atoms with van der Waals surface area (Å²) in [7, 11) is 0. The van der Waals surface area contributed by atoms with Crippen LogP contribution in [0.2, 0.25) is 0 Å². The summed E-state index contributed by atoms with van der Waals surface area (Å²) >= 11 is 0. The highest BCUT2D eigenvalue weighted by molar-refractivity contribution is 5.95. The molecule has 0 unspecified atom stereocenters. The maximum atomic E-state index is 12.2. The second kappa shape index (κ2) is 7.66. The molecule has 0 radical (unpaired) electrons. The third kappa shape index (κ3) is 3.81. The summed E-state index contributed by atoms with van der Waals surface area (Å²) in [6.45, 7) is 4.91. The van der Waals surface area contributed by atoms with E-state index in [0.29, 0.717) is 30.0 Å². The Bertz CT molecular complexity index is 1000. The van der Waals surface area contributed by atoms with Gasteiger partial charge in [-0.05, 0) is 43.7 Å². The summed E-state index contributed by atoms with van der Waals surface area (Å²) in [5, 5.41) is 16.5. The molecule has 0 aliphatic carbocycles. The minimum absolute atomic E-state index is 0.0941. The Labute approximate surface area is 152 Å². The number of anilines is 1. The number of carbonyl (C=O) groups excluding carboxylic acids is 1. The van der Waals surface area contributed by atoms with Crippen LogP contribution < -0.4 is 15.6 Å². The van der Waals surface area contributed by atoms with Gasteiger partial charge in [0.05, 0.1) is 6.54 Å². The van der Waals surface area contributed by atoms with E-state index < -0.39 is 0 Å². The van der Waals surface area contributed by atoms with E-state index in [1.54, 1.807) is 0 Å². The van der Waals surface area contributed by atoms with Gasteiger partial charge in [0.2, 0.25) is 0 Å². The molecule has 0 aliphatic heterocycles. The third-order valence-electron chi connectivity index (χ3n) is 4.26. The fourth-order valence-electron chi connectivity index (χ4n) is 2.86. The van der Waals surface area contributed by atoms with Gasteiger partial charge in [-0.15, -0.1) is 0 Å². The summed E-state index contributed by atoms with van der Waals surface area (Å²) in [5.74, 6) is 0.567. The molecule has 3 rings (SSSR count). The zero-order valence-electron chi connectivity index (χ0n) is 14.9. The topological polar surface area (TPSA) is 79.1 Å². The van der Waals surface area contributed by atoms with Gasteiger partial charge in [-0.1, -0.05) is 29.8 Å². The first-order valence-corrected chi connectivity index (χ1v) is 8.53. The number of carbonyl (C=O) groups is 1. The van der Waals surface area contributed by atoms with Crippen molar-refractivity contribution in [2.24, 2.45) is 0 Å².